The van der Waals surface area contributed by atoms with Gasteiger partial charge < -0.3 is 20.3 Å². The Morgan fingerprint density at radius 2 is 1.87 bits per heavy atom. The summed E-state index contributed by atoms with van der Waals surface area (Å²) >= 11 is 5.13. The van der Waals surface area contributed by atoms with Crippen molar-refractivity contribution in [1.82, 2.24) is 5.43 Å². The van der Waals surface area contributed by atoms with E-state index in [0.29, 0.717) is 23.6 Å². The van der Waals surface area contributed by atoms with E-state index in [-0.39, 0.29) is 16.4 Å². The predicted octanol–water partition coefficient (Wildman–Crippen LogP) is 3.99. The lowest BCUT2D eigenvalue weighted by Gasteiger charge is -2.09. The molecule has 7 nitrogen and oxygen atoms in total. The van der Waals surface area contributed by atoms with Gasteiger partial charge in [0.15, 0.2) is 5.11 Å². The molecular weight excluding hydrogens is 402 g/mol. The van der Waals surface area contributed by atoms with Crippen molar-refractivity contribution in [2.45, 2.75) is 6.61 Å². The zero-order chi connectivity index (χ0) is 21.3. The molecule has 0 radical (unpaired) electrons. The first-order chi connectivity index (χ1) is 14.5. The number of nitrogens with zero attached hydrogens (tertiary/aromatic N) is 1. The largest absolute Gasteiger partial charge is 0.507 e. The van der Waals surface area contributed by atoms with Gasteiger partial charge in [-0.15, -0.1) is 0 Å². The molecule has 0 saturated carbocycles. The summed E-state index contributed by atoms with van der Waals surface area (Å²) in [5.74, 6) is -0.474. The Balaban J connectivity index is 1.53. The van der Waals surface area contributed by atoms with E-state index in [1.54, 1.807) is 24.3 Å². The van der Waals surface area contributed by atoms with Crippen LogP contribution in [0.5, 0.6) is 11.5 Å². The van der Waals surface area contributed by atoms with Gasteiger partial charge in [0.05, 0.1) is 11.8 Å². The fourth-order valence-electron chi connectivity index (χ4n) is 2.51. The topological polar surface area (TPSA) is 103 Å². The minimum atomic E-state index is -1.03. The number of phenolic OH excluding ortho intramolecular Hbond substituents is 1. The van der Waals surface area contributed by atoms with Gasteiger partial charge >= 0.3 is 5.97 Å². The SMILES string of the molecule is O=C(O)c1cccc(NC(=S)N/N=C/c2ccc(OCc3ccccc3)cc2O)c1. The van der Waals surface area contributed by atoms with Crippen LogP contribution in [0.4, 0.5) is 5.69 Å². The fraction of sp³-hybridized carbons (Fsp3) is 0.0455. The molecule has 0 amide bonds. The summed E-state index contributed by atoms with van der Waals surface area (Å²) in [5.41, 5.74) is 4.79. The van der Waals surface area contributed by atoms with Crippen LogP contribution in [0.15, 0.2) is 77.9 Å². The minimum Gasteiger partial charge on any atom is -0.507 e. The maximum Gasteiger partial charge on any atom is 0.335 e. The summed E-state index contributed by atoms with van der Waals surface area (Å²) < 4.78 is 5.67. The van der Waals surface area contributed by atoms with Gasteiger partial charge in [0.1, 0.15) is 18.1 Å². The molecule has 0 atom stereocenters. The molecule has 0 aliphatic rings. The molecule has 0 fully saturated rings. The number of hydrogen-bond acceptors (Lipinski definition) is 5. The maximum absolute atomic E-state index is 11.0. The van der Waals surface area contributed by atoms with Crippen molar-refractivity contribution in [3.63, 3.8) is 0 Å². The van der Waals surface area contributed by atoms with E-state index in [1.165, 1.54) is 24.4 Å². The van der Waals surface area contributed by atoms with Crippen molar-refractivity contribution in [3.8, 4) is 11.5 Å². The first kappa shape index (κ1) is 20.8. The summed E-state index contributed by atoms with van der Waals surface area (Å²) in [5, 5.41) is 26.2. The third-order valence-corrected chi connectivity index (χ3v) is 4.18. The van der Waals surface area contributed by atoms with Gasteiger partial charge in [-0.05, 0) is 48.1 Å². The molecular formula is C22H19N3O4S. The van der Waals surface area contributed by atoms with Crippen molar-refractivity contribution in [2.75, 3.05) is 5.32 Å². The van der Waals surface area contributed by atoms with E-state index in [0.717, 1.165) is 5.56 Å². The second-order valence-electron chi connectivity index (χ2n) is 6.20. The lowest BCUT2D eigenvalue weighted by molar-refractivity contribution is 0.0697. The molecule has 0 heterocycles. The molecule has 0 aromatic heterocycles. The van der Waals surface area contributed by atoms with Gasteiger partial charge in [0.25, 0.3) is 0 Å². The summed E-state index contributed by atoms with van der Waals surface area (Å²) in [6, 6.07) is 20.9. The number of carbonyl (C=O) groups is 1. The fourth-order valence-corrected chi connectivity index (χ4v) is 2.68. The second kappa shape index (κ2) is 10.0. The van der Waals surface area contributed by atoms with Crippen molar-refractivity contribution in [3.05, 3.63) is 89.5 Å². The highest BCUT2D eigenvalue weighted by molar-refractivity contribution is 7.80. The Hall–Kier alpha value is -3.91. The molecule has 4 N–H and O–H groups in total. The molecule has 8 heteroatoms. The van der Waals surface area contributed by atoms with E-state index in [2.05, 4.69) is 15.8 Å². The number of nitrogens with one attached hydrogen (secondary N) is 2. The van der Waals surface area contributed by atoms with E-state index in [9.17, 15) is 9.90 Å². The average molecular weight is 421 g/mol. The Morgan fingerprint density at radius 3 is 2.60 bits per heavy atom. The highest BCUT2D eigenvalue weighted by Gasteiger charge is 2.05. The third-order valence-electron chi connectivity index (χ3n) is 3.99. The van der Waals surface area contributed by atoms with Gasteiger partial charge in [-0.1, -0.05) is 36.4 Å². The van der Waals surface area contributed by atoms with Crippen LogP contribution in [0.1, 0.15) is 21.5 Å². The number of aromatic carboxylic acids is 1. The summed E-state index contributed by atoms with van der Waals surface area (Å²) in [4.78, 5) is 11.0. The van der Waals surface area contributed by atoms with Crippen LogP contribution in [0.25, 0.3) is 0 Å². The van der Waals surface area contributed by atoms with Crippen LogP contribution in [0.2, 0.25) is 0 Å². The minimum absolute atomic E-state index is 0.0131. The third kappa shape index (κ3) is 6.05. The quantitative estimate of drug-likeness (QED) is 0.260. The summed E-state index contributed by atoms with van der Waals surface area (Å²) in [6.45, 7) is 0.401. The molecule has 0 aliphatic heterocycles. The van der Waals surface area contributed by atoms with Crippen molar-refractivity contribution >= 4 is 35.2 Å². The molecule has 0 spiro atoms. The van der Waals surface area contributed by atoms with Crippen LogP contribution >= 0.6 is 12.2 Å². The number of hydrogen-bond donors (Lipinski definition) is 4. The highest BCUT2D eigenvalue weighted by Crippen LogP contribution is 2.23. The number of phenols is 1. The first-order valence-electron chi connectivity index (χ1n) is 8.94. The Kier molecular flexibility index (Phi) is 6.96. The van der Waals surface area contributed by atoms with Crippen molar-refractivity contribution in [1.29, 1.82) is 0 Å². The van der Waals surface area contributed by atoms with E-state index in [4.69, 9.17) is 22.1 Å². The summed E-state index contributed by atoms with van der Waals surface area (Å²) in [7, 11) is 0. The first-order valence-corrected chi connectivity index (χ1v) is 9.35. The van der Waals surface area contributed by atoms with Crippen molar-refractivity contribution in [2.24, 2.45) is 5.10 Å². The molecule has 0 saturated heterocycles. The monoisotopic (exact) mass is 421 g/mol. The number of ether oxygens (including phenoxy) is 1. The summed E-state index contributed by atoms with van der Waals surface area (Å²) in [6.07, 6.45) is 1.41. The zero-order valence-corrected chi connectivity index (χ0v) is 16.6. The van der Waals surface area contributed by atoms with Crippen LogP contribution in [-0.4, -0.2) is 27.5 Å². The number of carboxylic acid groups (broad SMARTS) is 1. The average Bonchev–Trinajstić information content (AvgIpc) is 2.74. The predicted molar refractivity (Wildman–Crippen MR) is 119 cm³/mol. The van der Waals surface area contributed by atoms with Crippen LogP contribution in [0, 0.1) is 0 Å². The lowest BCUT2D eigenvalue weighted by Crippen LogP contribution is -2.24. The highest BCUT2D eigenvalue weighted by atomic mass is 32.1. The number of aromatic hydroxyl groups is 1. The standard InChI is InChI=1S/C22H19N3O4S/c26-20-12-19(29-14-15-5-2-1-3-6-15)10-9-17(20)13-23-25-22(30)24-18-8-4-7-16(11-18)21(27)28/h1-13,26H,14H2,(H,27,28)(H2,24,25,30)/b23-13+. The smallest absolute Gasteiger partial charge is 0.335 e. The van der Waals surface area contributed by atoms with Crippen LogP contribution in [-0.2, 0) is 6.61 Å². The molecule has 30 heavy (non-hydrogen) atoms. The Morgan fingerprint density at radius 1 is 1.07 bits per heavy atom. The maximum atomic E-state index is 11.0. The molecule has 3 aromatic rings. The zero-order valence-electron chi connectivity index (χ0n) is 15.8. The second-order valence-corrected chi connectivity index (χ2v) is 6.61. The number of anilines is 1. The molecule has 3 rings (SSSR count). The Labute approximate surface area is 178 Å². The van der Waals surface area contributed by atoms with Gasteiger partial charge in [-0.25, -0.2) is 4.79 Å². The van der Waals surface area contributed by atoms with Gasteiger partial charge in [-0.3, -0.25) is 5.43 Å². The molecule has 0 aliphatic carbocycles. The van der Waals surface area contributed by atoms with Crippen LogP contribution < -0.4 is 15.5 Å². The number of benzene rings is 3. The lowest BCUT2D eigenvalue weighted by atomic mass is 10.2. The van der Waals surface area contributed by atoms with Gasteiger partial charge in [0, 0.05) is 17.3 Å². The van der Waals surface area contributed by atoms with E-state index < -0.39 is 5.97 Å². The van der Waals surface area contributed by atoms with Gasteiger partial charge in [0.2, 0.25) is 0 Å². The van der Waals surface area contributed by atoms with E-state index in [1.807, 2.05) is 30.3 Å². The van der Waals surface area contributed by atoms with E-state index >= 15 is 0 Å². The van der Waals surface area contributed by atoms with Gasteiger partial charge in [-0.2, -0.15) is 5.10 Å². The van der Waals surface area contributed by atoms with Crippen molar-refractivity contribution < 1.29 is 19.7 Å². The number of thiocarbonyl (C=S) groups is 1. The number of rotatable bonds is 7. The van der Waals surface area contributed by atoms with Crippen LogP contribution in [0.3, 0.4) is 0 Å². The Bertz CT molecular complexity index is 1070. The molecule has 152 valence electrons. The number of hydrazone groups is 1. The molecule has 0 unspecified atom stereocenters. The molecule has 3 aromatic carbocycles. The normalized spacial score (nSPS) is 10.5. The molecule has 0 bridgehead atoms. The number of carboxylic acids is 1.